The van der Waals surface area contributed by atoms with Crippen LogP contribution < -0.4 is 10.1 Å². The van der Waals surface area contributed by atoms with Gasteiger partial charge in [0.2, 0.25) is 0 Å². The van der Waals surface area contributed by atoms with Gasteiger partial charge < -0.3 is 22.3 Å². The summed E-state index contributed by atoms with van der Waals surface area (Å²) in [5, 5.41) is 2.83. The number of hydrogen-bond donors (Lipinski definition) is 1. The summed E-state index contributed by atoms with van der Waals surface area (Å²) in [6.45, 7) is 6.51. The minimum atomic E-state index is -1.60. The third-order valence-corrected chi connectivity index (χ3v) is 7.92. The summed E-state index contributed by atoms with van der Waals surface area (Å²) in [6.07, 6.45) is 1.86. The summed E-state index contributed by atoms with van der Waals surface area (Å²) in [5.41, 5.74) is 2.93. The van der Waals surface area contributed by atoms with Crippen LogP contribution in [0.15, 0.2) is 12.1 Å². The number of aryl methyl sites for hydroxylation is 2. The standard InChI is InChI=1S/C15H22NO2PS.Y/c1-10-8-12(18-3)9-11(2)13(10)16-14(17)15(6-7-15)19(4,5)20;/h8-9H,6-7H2,1-5H3,(H,16,17);. The van der Waals surface area contributed by atoms with Gasteiger partial charge in [0.05, 0.1) is 7.11 Å². The van der Waals surface area contributed by atoms with Crippen molar-refractivity contribution < 1.29 is 42.2 Å². The Morgan fingerprint density at radius 2 is 1.76 bits per heavy atom. The molecule has 2 rings (SSSR count). The minimum Gasteiger partial charge on any atom is -0.556 e. The van der Waals surface area contributed by atoms with Gasteiger partial charge in [0.25, 0.3) is 5.91 Å². The van der Waals surface area contributed by atoms with E-state index < -0.39 is 6.46 Å². The molecule has 6 heteroatoms. The molecule has 0 aromatic heterocycles. The van der Waals surface area contributed by atoms with Crippen LogP contribution >= 0.6 is 6.46 Å². The normalized spacial score (nSPS) is 15.9. The molecular formula is C15H22NO2PSY. The van der Waals surface area contributed by atoms with Crippen molar-refractivity contribution in [2.24, 2.45) is 0 Å². The molecular weight excluding hydrogens is 378 g/mol. The van der Waals surface area contributed by atoms with Gasteiger partial charge in [-0.05, 0) is 49.9 Å². The second-order valence-electron chi connectivity index (χ2n) is 5.97. The molecule has 1 fully saturated rings. The van der Waals surface area contributed by atoms with E-state index in [0.29, 0.717) is 0 Å². The molecule has 1 aromatic rings. The van der Waals surface area contributed by atoms with Crippen molar-refractivity contribution in [3.63, 3.8) is 0 Å². The molecule has 1 aliphatic rings. The molecule has 0 saturated heterocycles. The molecule has 0 atom stereocenters. The molecule has 0 aliphatic heterocycles. The largest absolute Gasteiger partial charge is 0.556 e. The van der Waals surface area contributed by atoms with Gasteiger partial charge in [0, 0.05) is 51.7 Å². The number of rotatable bonds is 4. The van der Waals surface area contributed by atoms with Gasteiger partial charge in [-0.25, -0.2) is 0 Å². The fourth-order valence-corrected chi connectivity index (χ4v) is 5.13. The summed E-state index contributed by atoms with van der Waals surface area (Å²) in [4.78, 5) is 12.6. The van der Waals surface area contributed by atoms with Crippen molar-refractivity contribution in [2.75, 3.05) is 25.8 Å². The molecule has 1 radical (unpaired) electrons. The van der Waals surface area contributed by atoms with Gasteiger partial charge in [-0.1, -0.05) is 6.46 Å². The van der Waals surface area contributed by atoms with Crippen molar-refractivity contribution >= 4 is 30.3 Å². The molecule has 0 unspecified atom stereocenters. The van der Waals surface area contributed by atoms with Crippen molar-refractivity contribution in [3.05, 3.63) is 23.3 Å². The number of anilines is 1. The Hall–Kier alpha value is 0.374. The minimum absolute atomic E-state index is 0. The third-order valence-electron chi connectivity index (χ3n) is 4.16. The first kappa shape index (κ1) is 19.4. The molecule has 1 aliphatic carbocycles. The Bertz CT molecular complexity index is 530. The first-order valence-corrected chi connectivity index (χ1v) is 10.4. The van der Waals surface area contributed by atoms with E-state index in [-0.39, 0.29) is 43.8 Å². The average molecular weight is 400 g/mol. The Balaban J connectivity index is 0.00000220. The number of carbonyl (C=O) groups excluding carboxylic acids is 1. The predicted molar refractivity (Wildman–Crippen MR) is 89.2 cm³/mol. The number of nitrogens with one attached hydrogen (secondary N) is 1. The molecule has 3 nitrogen and oxygen atoms in total. The monoisotopic (exact) mass is 400 g/mol. The number of amides is 1. The summed E-state index contributed by atoms with van der Waals surface area (Å²) in [7, 11) is 1.65. The van der Waals surface area contributed by atoms with E-state index in [9.17, 15) is 4.79 Å². The topological polar surface area (TPSA) is 38.3 Å². The molecule has 1 amide bonds. The van der Waals surface area contributed by atoms with Crippen LogP contribution in [0.5, 0.6) is 5.75 Å². The zero-order valence-corrected chi connectivity index (χ0v) is 17.9. The van der Waals surface area contributed by atoms with E-state index in [2.05, 4.69) is 18.6 Å². The fraction of sp³-hybridized carbons (Fsp3) is 0.533. The zero-order valence-electron chi connectivity index (χ0n) is 13.3. The maximum atomic E-state index is 12.6. The van der Waals surface area contributed by atoms with Crippen LogP contribution in [0, 0.1) is 13.8 Å². The number of methoxy groups -OCH3 is 1. The van der Waals surface area contributed by atoms with Crippen LogP contribution in [0.4, 0.5) is 5.69 Å². The fourth-order valence-electron chi connectivity index (χ4n) is 2.60. The van der Waals surface area contributed by atoms with Gasteiger partial charge in [-0.15, -0.1) is 0 Å². The number of ether oxygens (including phenoxy) is 1. The van der Waals surface area contributed by atoms with Crippen LogP contribution in [0.2, 0.25) is 0 Å². The molecule has 1 N–H and O–H groups in total. The van der Waals surface area contributed by atoms with E-state index in [1.165, 1.54) is 0 Å². The summed E-state index contributed by atoms with van der Waals surface area (Å²) >= 11 is 5.61. The van der Waals surface area contributed by atoms with Crippen molar-refractivity contribution in [1.82, 2.24) is 0 Å². The number of hydrogen-bond acceptors (Lipinski definition) is 3. The Morgan fingerprint density at radius 3 is 2.10 bits per heavy atom. The third kappa shape index (κ3) is 3.83. The predicted octanol–water partition coefficient (Wildman–Crippen LogP) is 3.52. The summed E-state index contributed by atoms with van der Waals surface area (Å²) < 4.78 is 5.25. The maximum Gasteiger partial charge on any atom is 0.266 e. The molecule has 0 spiro atoms. The van der Waals surface area contributed by atoms with E-state index in [1.54, 1.807) is 7.11 Å². The molecule has 1 saturated carbocycles. The van der Waals surface area contributed by atoms with Crippen LogP contribution in [0.1, 0.15) is 24.0 Å². The first-order valence-electron chi connectivity index (χ1n) is 6.73. The van der Waals surface area contributed by atoms with Crippen LogP contribution in [-0.2, 0) is 49.8 Å². The molecule has 113 valence electrons. The smallest absolute Gasteiger partial charge is 0.266 e. The number of carbonyl (C=O) groups is 1. The Morgan fingerprint density at radius 1 is 1.29 bits per heavy atom. The van der Waals surface area contributed by atoms with Crippen molar-refractivity contribution in [2.45, 2.75) is 31.8 Å². The van der Waals surface area contributed by atoms with Crippen molar-refractivity contribution in [3.8, 4) is 5.75 Å². The van der Waals surface area contributed by atoms with E-state index in [0.717, 1.165) is 35.4 Å². The quantitative estimate of drug-likeness (QED) is 0.621. The van der Waals surface area contributed by atoms with Crippen LogP contribution in [0.25, 0.3) is 0 Å². The summed E-state index contributed by atoms with van der Waals surface area (Å²) in [5.74, 6) is 0.914. The molecule has 0 bridgehead atoms. The second kappa shape index (κ2) is 6.87. The van der Waals surface area contributed by atoms with Gasteiger partial charge in [-0.3, -0.25) is 4.79 Å². The molecule has 0 heterocycles. The Labute approximate surface area is 158 Å². The SMILES string of the molecule is COc1cc(C)c(NC(=O)C2([P+](C)(C)[S-])CC2)c(C)c1.[Y]. The van der Waals surface area contributed by atoms with Gasteiger partial charge >= 0.3 is 0 Å². The second-order valence-corrected chi connectivity index (χ2v) is 12.3. The van der Waals surface area contributed by atoms with Crippen LogP contribution in [-0.4, -0.2) is 31.5 Å². The molecule has 21 heavy (non-hydrogen) atoms. The van der Waals surface area contributed by atoms with Gasteiger partial charge in [0.15, 0.2) is 0 Å². The van der Waals surface area contributed by atoms with Gasteiger partial charge in [0.1, 0.15) is 10.9 Å². The Kier molecular flexibility index (Phi) is 6.35. The van der Waals surface area contributed by atoms with Gasteiger partial charge in [-0.2, -0.15) is 0 Å². The van der Waals surface area contributed by atoms with E-state index in [4.69, 9.17) is 17.0 Å². The first-order chi connectivity index (χ1) is 9.21. The zero-order chi connectivity index (χ0) is 15.1. The number of benzene rings is 1. The van der Waals surface area contributed by atoms with Crippen molar-refractivity contribution in [1.29, 1.82) is 0 Å². The van der Waals surface area contributed by atoms with E-state index in [1.807, 2.05) is 26.0 Å². The maximum absolute atomic E-state index is 12.6. The summed E-state index contributed by atoms with van der Waals surface area (Å²) in [6, 6.07) is 3.88. The average Bonchev–Trinajstić information content (AvgIpc) is 3.13. The molecule has 1 aromatic carbocycles. The van der Waals surface area contributed by atoms with E-state index >= 15 is 0 Å². The van der Waals surface area contributed by atoms with Crippen LogP contribution in [0.3, 0.4) is 0 Å².